The van der Waals surface area contributed by atoms with Crippen molar-refractivity contribution in [3.8, 4) is 0 Å². The second-order valence-electron chi connectivity index (χ2n) is 4.24. The van der Waals surface area contributed by atoms with Crippen molar-refractivity contribution in [1.29, 1.82) is 0 Å². The van der Waals surface area contributed by atoms with E-state index >= 15 is 0 Å². The van der Waals surface area contributed by atoms with Crippen LogP contribution in [-0.2, 0) is 14.4 Å². The maximum atomic E-state index is 11.8. The maximum absolute atomic E-state index is 11.8. The third kappa shape index (κ3) is 2.75. The van der Waals surface area contributed by atoms with Gasteiger partial charge in [0.25, 0.3) is 0 Å². The molecule has 6 heteroatoms. The first-order chi connectivity index (χ1) is 7.95. The summed E-state index contributed by atoms with van der Waals surface area (Å²) < 4.78 is 0. The number of rotatable bonds is 5. The van der Waals surface area contributed by atoms with Crippen LogP contribution in [0.2, 0.25) is 0 Å². The fourth-order valence-electron chi connectivity index (χ4n) is 1.92. The van der Waals surface area contributed by atoms with Crippen LogP contribution in [0.3, 0.4) is 0 Å². The van der Waals surface area contributed by atoms with Crippen LogP contribution in [0.15, 0.2) is 0 Å². The van der Waals surface area contributed by atoms with E-state index in [1.165, 1.54) is 0 Å². The number of hydrogen-bond donors (Lipinski definition) is 3. The lowest BCUT2D eigenvalue weighted by atomic mass is 9.92. The van der Waals surface area contributed by atoms with Gasteiger partial charge in [-0.25, -0.2) is 4.79 Å². The summed E-state index contributed by atoms with van der Waals surface area (Å²) in [7, 11) is 0. The lowest BCUT2D eigenvalue weighted by Gasteiger charge is -2.29. The summed E-state index contributed by atoms with van der Waals surface area (Å²) in [5.74, 6) is -1.62. The Balaban J connectivity index is 2.71. The van der Waals surface area contributed by atoms with Crippen molar-refractivity contribution in [2.45, 2.75) is 51.1 Å². The van der Waals surface area contributed by atoms with Gasteiger partial charge in [-0.1, -0.05) is 13.8 Å². The highest BCUT2D eigenvalue weighted by atomic mass is 16.4. The number of carbonyl (C=O) groups is 3. The van der Waals surface area contributed by atoms with E-state index in [1.54, 1.807) is 13.8 Å². The zero-order valence-electron chi connectivity index (χ0n) is 10.1. The molecule has 0 aromatic heterocycles. The molecule has 1 aliphatic heterocycles. The first-order valence-electron chi connectivity index (χ1n) is 5.80. The van der Waals surface area contributed by atoms with E-state index < -0.39 is 23.5 Å². The lowest BCUT2D eigenvalue weighted by molar-refractivity contribution is -0.148. The van der Waals surface area contributed by atoms with Crippen molar-refractivity contribution in [1.82, 2.24) is 10.6 Å². The zero-order chi connectivity index (χ0) is 13.1. The number of carbonyl (C=O) groups excluding carboxylic acids is 2. The van der Waals surface area contributed by atoms with Gasteiger partial charge in [-0.3, -0.25) is 9.59 Å². The van der Waals surface area contributed by atoms with Crippen molar-refractivity contribution in [2.75, 3.05) is 0 Å². The highest BCUT2D eigenvalue weighted by molar-refractivity contribution is 5.94. The molecule has 0 saturated carbocycles. The largest absolute Gasteiger partial charge is 0.480 e. The van der Waals surface area contributed by atoms with Crippen molar-refractivity contribution in [2.24, 2.45) is 0 Å². The molecule has 1 rings (SSSR count). The molecule has 0 spiro atoms. The molecule has 17 heavy (non-hydrogen) atoms. The smallest absolute Gasteiger partial charge is 0.329 e. The third-order valence-corrected chi connectivity index (χ3v) is 3.29. The van der Waals surface area contributed by atoms with Gasteiger partial charge in [0.15, 0.2) is 0 Å². The van der Waals surface area contributed by atoms with Crippen LogP contribution in [-0.4, -0.2) is 34.5 Å². The molecule has 96 valence electrons. The van der Waals surface area contributed by atoms with E-state index in [1.807, 2.05) is 0 Å². The molecule has 0 radical (unpaired) electrons. The maximum Gasteiger partial charge on any atom is 0.329 e. The van der Waals surface area contributed by atoms with Crippen LogP contribution >= 0.6 is 0 Å². The average Bonchev–Trinajstić information content (AvgIpc) is 2.72. The zero-order valence-corrected chi connectivity index (χ0v) is 10.1. The molecule has 2 amide bonds. The Labute approximate surface area is 99.8 Å². The Bertz CT molecular complexity index is 336. The Morgan fingerprint density at radius 3 is 2.41 bits per heavy atom. The van der Waals surface area contributed by atoms with Gasteiger partial charge in [0, 0.05) is 6.42 Å². The van der Waals surface area contributed by atoms with Crippen LogP contribution in [0.4, 0.5) is 0 Å². The van der Waals surface area contributed by atoms with Crippen LogP contribution in [0.1, 0.15) is 39.5 Å². The number of carboxylic acids is 1. The summed E-state index contributed by atoms with van der Waals surface area (Å²) in [5, 5.41) is 14.2. The van der Waals surface area contributed by atoms with Gasteiger partial charge in [-0.2, -0.15) is 0 Å². The minimum absolute atomic E-state index is 0.168. The Morgan fingerprint density at radius 2 is 2.06 bits per heavy atom. The van der Waals surface area contributed by atoms with E-state index in [4.69, 9.17) is 5.11 Å². The van der Waals surface area contributed by atoms with Crippen LogP contribution in [0.25, 0.3) is 0 Å². The molecule has 1 heterocycles. The predicted octanol–water partition coefficient (Wildman–Crippen LogP) is 0.0246. The second-order valence-corrected chi connectivity index (χ2v) is 4.24. The van der Waals surface area contributed by atoms with E-state index in [-0.39, 0.29) is 5.91 Å². The topological polar surface area (TPSA) is 95.5 Å². The molecule has 1 saturated heterocycles. The van der Waals surface area contributed by atoms with Gasteiger partial charge in [-0.05, 0) is 19.3 Å². The van der Waals surface area contributed by atoms with E-state index in [2.05, 4.69) is 10.6 Å². The normalized spacial score (nSPS) is 19.9. The number of hydrogen-bond acceptors (Lipinski definition) is 3. The van der Waals surface area contributed by atoms with Gasteiger partial charge >= 0.3 is 5.97 Å². The molecule has 0 aliphatic carbocycles. The van der Waals surface area contributed by atoms with Crippen molar-refractivity contribution < 1.29 is 19.5 Å². The molecule has 0 aromatic carbocycles. The molecule has 1 fully saturated rings. The predicted molar refractivity (Wildman–Crippen MR) is 60.3 cm³/mol. The van der Waals surface area contributed by atoms with Gasteiger partial charge in [0.05, 0.1) is 0 Å². The Morgan fingerprint density at radius 1 is 1.47 bits per heavy atom. The summed E-state index contributed by atoms with van der Waals surface area (Å²) >= 11 is 0. The van der Waals surface area contributed by atoms with Crippen molar-refractivity contribution >= 4 is 17.8 Å². The first-order valence-corrected chi connectivity index (χ1v) is 5.80. The first kappa shape index (κ1) is 13.5. The number of carboxylic acid groups (broad SMARTS) is 1. The second kappa shape index (κ2) is 5.16. The highest BCUT2D eigenvalue weighted by Gasteiger charge is 2.39. The summed E-state index contributed by atoms with van der Waals surface area (Å²) in [6.07, 6.45) is 1.36. The number of amides is 2. The molecular formula is C11H18N2O4. The Hall–Kier alpha value is -1.59. The lowest BCUT2D eigenvalue weighted by Crippen LogP contribution is -2.57. The quantitative estimate of drug-likeness (QED) is 0.633. The van der Waals surface area contributed by atoms with Gasteiger partial charge in [-0.15, -0.1) is 0 Å². The van der Waals surface area contributed by atoms with E-state index in [9.17, 15) is 14.4 Å². The summed E-state index contributed by atoms with van der Waals surface area (Å²) in [5.41, 5.74) is -1.23. The molecule has 0 bridgehead atoms. The highest BCUT2D eigenvalue weighted by Crippen LogP contribution is 2.17. The fraction of sp³-hybridized carbons (Fsp3) is 0.727. The average molecular weight is 242 g/mol. The summed E-state index contributed by atoms with van der Waals surface area (Å²) in [4.78, 5) is 34.0. The Kier molecular flexibility index (Phi) is 4.09. The molecule has 1 atom stereocenters. The van der Waals surface area contributed by atoms with Crippen LogP contribution < -0.4 is 10.6 Å². The van der Waals surface area contributed by atoms with Gasteiger partial charge in [0.2, 0.25) is 11.8 Å². The summed E-state index contributed by atoms with van der Waals surface area (Å²) in [6.45, 7) is 3.43. The molecule has 3 N–H and O–H groups in total. The minimum atomic E-state index is -1.23. The SMILES string of the molecule is CCC(CC)(NC(=O)[C@H]1CCC(=O)N1)C(=O)O. The molecular weight excluding hydrogens is 224 g/mol. The van der Waals surface area contributed by atoms with Gasteiger partial charge in [0.1, 0.15) is 11.6 Å². The monoisotopic (exact) mass is 242 g/mol. The van der Waals surface area contributed by atoms with Crippen LogP contribution in [0, 0.1) is 0 Å². The standard InChI is InChI=1S/C11H18N2O4/c1-3-11(4-2,10(16)17)13-9(15)7-5-6-8(14)12-7/h7H,3-6H2,1-2H3,(H,12,14)(H,13,15)(H,16,17)/t7-/m1/s1. The van der Waals surface area contributed by atoms with Crippen molar-refractivity contribution in [3.63, 3.8) is 0 Å². The number of aliphatic carboxylic acids is 1. The molecule has 1 aliphatic rings. The summed E-state index contributed by atoms with van der Waals surface area (Å²) in [6, 6.07) is -0.598. The minimum Gasteiger partial charge on any atom is -0.480 e. The number of nitrogens with one attached hydrogen (secondary N) is 2. The fourth-order valence-corrected chi connectivity index (χ4v) is 1.92. The van der Waals surface area contributed by atoms with E-state index in [0.717, 1.165) is 0 Å². The molecule has 6 nitrogen and oxygen atoms in total. The third-order valence-electron chi connectivity index (χ3n) is 3.29. The van der Waals surface area contributed by atoms with E-state index in [0.29, 0.717) is 25.7 Å². The van der Waals surface area contributed by atoms with Gasteiger partial charge < -0.3 is 15.7 Å². The van der Waals surface area contributed by atoms with Crippen molar-refractivity contribution in [3.05, 3.63) is 0 Å². The molecule has 0 aromatic rings. The van der Waals surface area contributed by atoms with Crippen LogP contribution in [0.5, 0.6) is 0 Å². The molecule has 0 unspecified atom stereocenters.